The lowest BCUT2D eigenvalue weighted by Gasteiger charge is -2.13. The summed E-state index contributed by atoms with van der Waals surface area (Å²) in [6.07, 6.45) is 10.4. The number of fused-ring (bicyclic) bond motifs is 1. The topological polar surface area (TPSA) is 77.8 Å². The normalized spacial score (nSPS) is 13.8. The number of anilines is 1. The van der Waals surface area contributed by atoms with Gasteiger partial charge in [0, 0.05) is 12.2 Å². The fourth-order valence-electron chi connectivity index (χ4n) is 4.44. The maximum absolute atomic E-state index is 5.31. The number of ether oxygens (including phenoxy) is 1. The highest BCUT2D eigenvalue weighted by molar-refractivity contribution is 6.00. The van der Waals surface area contributed by atoms with Crippen LogP contribution in [0.25, 0.3) is 27.9 Å². The molecular weight excluding hydrogens is 424 g/mol. The minimum atomic E-state index is 0.240. The van der Waals surface area contributed by atoms with Crippen LogP contribution in [-0.2, 0) is 6.54 Å². The predicted molar refractivity (Wildman–Crippen MR) is 136 cm³/mol. The average molecular weight is 455 g/mol. The predicted octanol–water partition coefficient (Wildman–Crippen LogP) is 5.72. The Hall–Kier alpha value is -3.74. The molecule has 0 bridgehead atoms. The van der Waals surface area contributed by atoms with Crippen molar-refractivity contribution >= 4 is 22.3 Å². The van der Waals surface area contributed by atoms with Crippen molar-refractivity contribution in [3.05, 3.63) is 66.3 Å². The summed E-state index contributed by atoms with van der Waals surface area (Å²) in [6, 6.07) is 12.4. The van der Waals surface area contributed by atoms with Gasteiger partial charge in [0.05, 0.1) is 35.9 Å². The van der Waals surface area contributed by atoms with Gasteiger partial charge in [-0.3, -0.25) is 4.68 Å². The van der Waals surface area contributed by atoms with Gasteiger partial charge in [-0.2, -0.15) is 5.10 Å². The number of aromatic nitrogens is 5. The van der Waals surface area contributed by atoms with Crippen molar-refractivity contribution in [1.82, 2.24) is 24.7 Å². The third kappa shape index (κ3) is 4.51. The molecular formula is C27H30N6O. The number of methoxy groups -OCH3 is 1. The Balaban J connectivity index is 1.62. The van der Waals surface area contributed by atoms with E-state index < -0.39 is 0 Å². The van der Waals surface area contributed by atoms with Gasteiger partial charge in [0.25, 0.3) is 0 Å². The third-order valence-corrected chi connectivity index (χ3v) is 6.11. The van der Waals surface area contributed by atoms with Crippen LogP contribution in [-0.4, -0.2) is 37.9 Å². The van der Waals surface area contributed by atoms with Gasteiger partial charge >= 0.3 is 0 Å². The zero-order valence-electron chi connectivity index (χ0n) is 20.0. The molecule has 1 aliphatic carbocycles. The summed E-state index contributed by atoms with van der Waals surface area (Å²) in [5.74, 6) is 1.66. The Morgan fingerprint density at radius 2 is 1.85 bits per heavy atom. The number of rotatable bonds is 7. The number of pyridine rings is 1. The van der Waals surface area contributed by atoms with E-state index in [1.165, 1.54) is 18.4 Å². The highest BCUT2D eigenvalue weighted by Crippen LogP contribution is 2.34. The molecule has 0 aliphatic heterocycles. The summed E-state index contributed by atoms with van der Waals surface area (Å²) in [5.41, 5.74) is 6.08. The summed E-state index contributed by atoms with van der Waals surface area (Å²) in [4.78, 5) is 13.9. The second kappa shape index (κ2) is 9.63. The van der Waals surface area contributed by atoms with Gasteiger partial charge in [0.1, 0.15) is 23.6 Å². The Labute approximate surface area is 199 Å². The van der Waals surface area contributed by atoms with Gasteiger partial charge in [-0.15, -0.1) is 0 Å². The number of benzene rings is 1. The van der Waals surface area contributed by atoms with Crippen molar-refractivity contribution in [1.29, 1.82) is 0 Å². The van der Waals surface area contributed by atoms with Crippen LogP contribution < -0.4 is 10.1 Å². The van der Waals surface area contributed by atoms with Crippen LogP contribution in [0.1, 0.15) is 50.8 Å². The molecule has 1 aromatic carbocycles. The molecule has 5 rings (SSSR count). The molecule has 7 heteroatoms. The fraction of sp³-hybridized carbons (Fsp3) is 0.333. The molecule has 0 spiro atoms. The highest BCUT2D eigenvalue weighted by atomic mass is 16.5. The maximum atomic E-state index is 5.31. The van der Waals surface area contributed by atoms with Crippen LogP contribution in [0, 0.1) is 0 Å². The average Bonchev–Trinajstić information content (AvgIpc) is 3.24. The standard InChI is InChI=1S/C27H30N6O/c1-18(2)31-27-25-24(13-14-28-27)33(16-19-9-11-21(34-3)12-10-19)32-26(25)23-15-22(29-17-30-23)20-7-5-4-6-8-20/h7,9-15,17-18H,4-6,8,16H2,1-3H3,(H,28,31). The Morgan fingerprint density at radius 3 is 2.59 bits per heavy atom. The van der Waals surface area contributed by atoms with E-state index in [1.54, 1.807) is 13.4 Å². The van der Waals surface area contributed by atoms with Crippen LogP contribution in [0.15, 0.2) is 55.0 Å². The van der Waals surface area contributed by atoms with Gasteiger partial charge in [-0.25, -0.2) is 15.0 Å². The monoisotopic (exact) mass is 454 g/mol. The molecule has 34 heavy (non-hydrogen) atoms. The van der Waals surface area contributed by atoms with Crippen LogP contribution in [0.5, 0.6) is 5.75 Å². The van der Waals surface area contributed by atoms with E-state index in [0.29, 0.717) is 6.54 Å². The maximum Gasteiger partial charge on any atom is 0.137 e. The minimum Gasteiger partial charge on any atom is -0.497 e. The summed E-state index contributed by atoms with van der Waals surface area (Å²) in [5, 5.41) is 9.52. The van der Waals surface area contributed by atoms with Gasteiger partial charge in [0.15, 0.2) is 0 Å². The van der Waals surface area contributed by atoms with Gasteiger partial charge in [0.2, 0.25) is 0 Å². The number of hydrogen-bond donors (Lipinski definition) is 1. The molecule has 0 fully saturated rings. The second-order valence-corrected chi connectivity index (χ2v) is 8.97. The number of nitrogens with one attached hydrogen (secondary N) is 1. The van der Waals surface area contributed by atoms with Crippen LogP contribution in [0.2, 0.25) is 0 Å². The molecule has 1 aliphatic rings. The van der Waals surface area contributed by atoms with Crippen LogP contribution in [0.3, 0.4) is 0 Å². The zero-order chi connectivity index (χ0) is 23.5. The minimum absolute atomic E-state index is 0.240. The molecule has 4 aromatic rings. The van der Waals surface area contributed by atoms with E-state index in [4.69, 9.17) is 9.84 Å². The Bertz CT molecular complexity index is 1320. The van der Waals surface area contributed by atoms with Gasteiger partial charge < -0.3 is 10.1 Å². The smallest absolute Gasteiger partial charge is 0.137 e. The zero-order valence-corrected chi connectivity index (χ0v) is 20.0. The molecule has 0 saturated heterocycles. The first kappa shape index (κ1) is 22.1. The molecule has 174 valence electrons. The van der Waals surface area contributed by atoms with Crippen molar-refractivity contribution in [3.8, 4) is 17.1 Å². The van der Waals surface area contributed by atoms with Crippen LogP contribution in [0.4, 0.5) is 5.82 Å². The SMILES string of the molecule is COc1ccc(Cn2nc(-c3cc(C4=CCCCC4)ncn3)c3c(NC(C)C)nccc32)cc1. The number of nitrogens with zero attached hydrogens (tertiary/aromatic N) is 5. The van der Waals surface area contributed by atoms with Crippen molar-refractivity contribution in [3.63, 3.8) is 0 Å². The number of hydrogen-bond acceptors (Lipinski definition) is 6. The van der Waals surface area contributed by atoms with Crippen molar-refractivity contribution in [2.24, 2.45) is 0 Å². The molecule has 3 aromatic heterocycles. The van der Waals surface area contributed by atoms with E-state index >= 15 is 0 Å². The Morgan fingerprint density at radius 1 is 1.03 bits per heavy atom. The highest BCUT2D eigenvalue weighted by Gasteiger charge is 2.20. The van der Waals surface area contributed by atoms with Gasteiger partial charge in [-0.05, 0) is 74.9 Å². The largest absolute Gasteiger partial charge is 0.497 e. The lowest BCUT2D eigenvalue weighted by atomic mass is 9.96. The molecule has 3 heterocycles. The molecule has 0 saturated carbocycles. The van der Waals surface area contributed by atoms with Crippen LogP contribution >= 0.6 is 0 Å². The summed E-state index contributed by atoms with van der Waals surface area (Å²) >= 11 is 0. The lowest BCUT2D eigenvalue weighted by molar-refractivity contribution is 0.414. The summed E-state index contributed by atoms with van der Waals surface area (Å²) < 4.78 is 7.34. The quantitative estimate of drug-likeness (QED) is 0.385. The van der Waals surface area contributed by atoms with E-state index in [-0.39, 0.29) is 6.04 Å². The second-order valence-electron chi connectivity index (χ2n) is 8.97. The molecule has 0 unspecified atom stereocenters. The lowest BCUT2D eigenvalue weighted by Crippen LogP contribution is -2.11. The van der Waals surface area contributed by atoms with E-state index in [1.807, 2.05) is 29.1 Å². The molecule has 1 N–H and O–H groups in total. The van der Waals surface area contributed by atoms with E-state index in [2.05, 4.69) is 58.4 Å². The first-order valence-electron chi connectivity index (χ1n) is 11.9. The van der Waals surface area contributed by atoms with E-state index in [0.717, 1.165) is 58.0 Å². The van der Waals surface area contributed by atoms with Crippen molar-refractivity contribution < 1.29 is 4.74 Å². The molecule has 0 radical (unpaired) electrons. The van der Waals surface area contributed by atoms with Crippen molar-refractivity contribution in [2.45, 2.75) is 52.1 Å². The Kier molecular flexibility index (Phi) is 6.25. The van der Waals surface area contributed by atoms with Crippen molar-refractivity contribution in [2.75, 3.05) is 12.4 Å². The summed E-state index contributed by atoms with van der Waals surface area (Å²) in [6.45, 7) is 4.86. The summed E-state index contributed by atoms with van der Waals surface area (Å²) in [7, 11) is 1.68. The number of allylic oxidation sites excluding steroid dienone is 2. The first-order valence-corrected chi connectivity index (χ1v) is 11.9. The molecule has 0 amide bonds. The first-order chi connectivity index (χ1) is 16.6. The fourth-order valence-corrected chi connectivity index (χ4v) is 4.44. The van der Waals surface area contributed by atoms with E-state index in [9.17, 15) is 0 Å². The molecule has 7 nitrogen and oxygen atoms in total. The third-order valence-electron chi connectivity index (χ3n) is 6.11. The molecule has 0 atom stereocenters. The van der Waals surface area contributed by atoms with Gasteiger partial charge in [-0.1, -0.05) is 18.2 Å².